The average molecular weight is 298 g/mol. The number of amides is 1. The number of hydrogen-bond acceptors (Lipinski definition) is 3. The van der Waals surface area contributed by atoms with E-state index in [2.05, 4.69) is 21.2 Å². The number of carbonyl (C=O) groups is 2. The van der Waals surface area contributed by atoms with Crippen molar-refractivity contribution in [3.8, 4) is 0 Å². The van der Waals surface area contributed by atoms with Gasteiger partial charge in [0.2, 0.25) is 11.7 Å². The van der Waals surface area contributed by atoms with Crippen molar-refractivity contribution < 1.29 is 19.1 Å². The molecule has 88 valence electrons. The van der Waals surface area contributed by atoms with E-state index in [4.69, 9.17) is 9.52 Å². The quantitative estimate of drug-likeness (QED) is 0.893. The van der Waals surface area contributed by atoms with Gasteiger partial charge in [0.25, 0.3) is 0 Å². The highest BCUT2D eigenvalue weighted by molar-refractivity contribution is 9.10. The zero-order valence-corrected chi connectivity index (χ0v) is 10.4. The highest BCUT2D eigenvalue weighted by Crippen LogP contribution is 2.36. The molecule has 0 saturated heterocycles. The average Bonchev–Trinajstić information content (AvgIpc) is 2.57. The van der Waals surface area contributed by atoms with Crippen LogP contribution < -0.4 is 5.32 Å². The van der Waals surface area contributed by atoms with Gasteiger partial charge in [-0.2, -0.15) is 0 Å². The van der Waals surface area contributed by atoms with Crippen LogP contribution in [0, 0.1) is 0 Å². The van der Waals surface area contributed by atoms with E-state index in [1.54, 1.807) is 18.2 Å². The number of nitrogens with one attached hydrogen (secondary N) is 1. The monoisotopic (exact) mass is 297 g/mol. The molecule has 0 unspecified atom stereocenters. The first-order valence-electron chi connectivity index (χ1n) is 4.72. The summed E-state index contributed by atoms with van der Waals surface area (Å²) in [4.78, 5) is 22.1. The van der Waals surface area contributed by atoms with Crippen molar-refractivity contribution in [1.82, 2.24) is 0 Å². The van der Waals surface area contributed by atoms with E-state index in [1.165, 1.54) is 6.92 Å². The largest absolute Gasteiger partial charge is 0.475 e. The molecule has 17 heavy (non-hydrogen) atoms. The van der Waals surface area contributed by atoms with E-state index in [1.807, 2.05) is 0 Å². The van der Waals surface area contributed by atoms with E-state index in [0.717, 1.165) is 0 Å². The van der Waals surface area contributed by atoms with Crippen molar-refractivity contribution in [2.24, 2.45) is 0 Å². The molecule has 2 N–H and O–H groups in total. The maximum Gasteiger partial charge on any atom is 0.374 e. The number of furan rings is 1. The number of carboxylic acids is 1. The van der Waals surface area contributed by atoms with E-state index in [-0.39, 0.29) is 17.4 Å². The lowest BCUT2D eigenvalue weighted by Crippen LogP contribution is -2.09. The van der Waals surface area contributed by atoms with Crippen LogP contribution in [0.2, 0.25) is 0 Å². The van der Waals surface area contributed by atoms with Gasteiger partial charge in [0, 0.05) is 11.4 Å². The van der Waals surface area contributed by atoms with Crippen LogP contribution in [-0.4, -0.2) is 17.0 Å². The minimum atomic E-state index is -1.23. The highest BCUT2D eigenvalue weighted by Gasteiger charge is 2.22. The van der Waals surface area contributed by atoms with Crippen LogP contribution >= 0.6 is 15.9 Å². The van der Waals surface area contributed by atoms with Gasteiger partial charge < -0.3 is 14.8 Å². The predicted molar refractivity (Wildman–Crippen MR) is 65.2 cm³/mol. The van der Waals surface area contributed by atoms with Crippen LogP contribution in [-0.2, 0) is 4.79 Å². The fraction of sp³-hybridized carbons (Fsp3) is 0.0909. The molecule has 0 radical (unpaired) electrons. The highest BCUT2D eigenvalue weighted by atomic mass is 79.9. The zero-order chi connectivity index (χ0) is 12.6. The van der Waals surface area contributed by atoms with Crippen LogP contribution in [0.1, 0.15) is 17.5 Å². The number of benzene rings is 1. The van der Waals surface area contributed by atoms with Crippen LogP contribution in [0.25, 0.3) is 11.0 Å². The number of fused-ring (bicyclic) bond motifs is 1. The van der Waals surface area contributed by atoms with Gasteiger partial charge in [-0.05, 0) is 28.1 Å². The first kappa shape index (κ1) is 11.7. The third-order valence-electron chi connectivity index (χ3n) is 2.16. The summed E-state index contributed by atoms with van der Waals surface area (Å²) in [5, 5.41) is 12.0. The van der Waals surface area contributed by atoms with Gasteiger partial charge in [0.05, 0.1) is 5.39 Å². The van der Waals surface area contributed by atoms with Gasteiger partial charge in [-0.1, -0.05) is 6.07 Å². The fourth-order valence-corrected chi connectivity index (χ4v) is 2.10. The Labute approximate surface area is 105 Å². The number of halogens is 1. The Balaban J connectivity index is 2.77. The van der Waals surface area contributed by atoms with Gasteiger partial charge in [-0.15, -0.1) is 0 Å². The fourth-order valence-electron chi connectivity index (χ4n) is 1.55. The standard InChI is InChI=1S/C11H8BrNO4/c1-5(14)13-9-8-6(12)3-2-4-7(8)17-10(9)11(15)16/h2-4H,1H3,(H,13,14)(H,15,16). The molecular weight excluding hydrogens is 290 g/mol. The predicted octanol–water partition coefficient (Wildman–Crippen LogP) is 2.85. The van der Waals surface area contributed by atoms with Crippen molar-refractivity contribution >= 4 is 44.5 Å². The second-order valence-corrected chi connectivity index (χ2v) is 4.26. The van der Waals surface area contributed by atoms with Crippen molar-refractivity contribution in [2.75, 3.05) is 5.32 Å². The summed E-state index contributed by atoms with van der Waals surface area (Å²) in [6.07, 6.45) is 0. The van der Waals surface area contributed by atoms with Crippen LogP contribution in [0.5, 0.6) is 0 Å². The molecule has 0 aliphatic carbocycles. The molecule has 0 spiro atoms. The molecule has 0 aliphatic heterocycles. The number of hydrogen-bond donors (Lipinski definition) is 2. The molecular formula is C11H8BrNO4. The van der Waals surface area contributed by atoms with E-state index < -0.39 is 5.97 Å². The molecule has 0 saturated carbocycles. The topological polar surface area (TPSA) is 79.5 Å². The molecule has 2 rings (SSSR count). The summed E-state index contributed by atoms with van der Waals surface area (Å²) in [6.45, 7) is 1.31. The Kier molecular flexibility index (Phi) is 2.89. The molecule has 1 aromatic carbocycles. The zero-order valence-electron chi connectivity index (χ0n) is 8.78. The Morgan fingerprint density at radius 3 is 2.71 bits per heavy atom. The van der Waals surface area contributed by atoms with Gasteiger partial charge in [0.15, 0.2) is 0 Å². The first-order chi connectivity index (χ1) is 8.00. The Hall–Kier alpha value is -1.82. The van der Waals surface area contributed by atoms with E-state index in [9.17, 15) is 9.59 Å². The summed E-state index contributed by atoms with van der Waals surface area (Å²) < 4.78 is 5.86. The van der Waals surface area contributed by atoms with E-state index in [0.29, 0.717) is 15.4 Å². The number of anilines is 1. The molecule has 2 aromatic rings. The lowest BCUT2D eigenvalue weighted by molar-refractivity contribution is -0.114. The minimum absolute atomic E-state index is 0.174. The summed E-state index contributed by atoms with van der Waals surface area (Å²) in [5.41, 5.74) is 0.577. The summed E-state index contributed by atoms with van der Waals surface area (Å²) in [6, 6.07) is 5.10. The molecule has 5 nitrogen and oxygen atoms in total. The van der Waals surface area contributed by atoms with Gasteiger partial charge in [-0.3, -0.25) is 4.79 Å². The third-order valence-corrected chi connectivity index (χ3v) is 2.82. The molecule has 1 aromatic heterocycles. The van der Waals surface area contributed by atoms with Gasteiger partial charge >= 0.3 is 5.97 Å². The Morgan fingerprint density at radius 1 is 1.41 bits per heavy atom. The SMILES string of the molecule is CC(=O)Nc1c(C(=O)O)oc2cccc(Br)c12. The van der Waals surface area contributed by atoms with E-state index >= 15 is 0 Å². The molecule has 0 atom stereocenters. The lowest BCUT2D eigenvalue weighted by atomic mass is 10.2. The van der Waals surface area contributed by atoms with Crippen molar-refractivity contribution in [3.05, 3.63) is 28.4 Å². The maximum atomic E-state index is 11.1. The number of carbonyl (C=O) groups excluding carboxylic acids is 1. The maximum absolute atomic E-state index is 11.1. The van der Waals surface area contributed by atoms with Crippen molar-refractivity contribution in [2.45, 2.75) is 6.92 Å². The van der Waals surface area contributed by atoms with Crippen LogP contribution in [0.3, 0.4) is 0 Å². The first-order valence-corrected chi connectivity index (χ1v) is 5.52. The van der Waals surface area contributed by atoms with Crippen molar-refractivity contribution in [3.63, 3.8) is 0 Å². The second-order valence-electron chi connectivity index (χ2n) is 3.41. The molecule has 0 fully saturated rings. The van der Waals surface area contributed by atoms with Crippen LogP contribution in [0.15, 0.2) is 27.1 Å². The Bertz CT molecular complexity index is 617. The van der Waals surface area contributed by atoms with Crippen molar-refractivity contribution in [1.29, 1.82) is 0 Å². The second kappa shape index (κ2) is 4.21. The minimum Gasteiger partial charge on any atom is -0.475 e. The summed E-state index contributed by atoms with van der Waals surface area (Å²) in [7, 11) is 0. The third kappa shape index (κ3) is 2.03. The number of carboxylic acid groups (broad SMARTS) is 1. The molecule has 0 bridgehead atoms. The van der Waals surface area contributed by atoms with Gasteiger partial charge in [-0.25, -0.2) is 4.79 Å². The lowest BCUT2D eigenvalue weighted by Gasteiger charge is -2.01. The summed E-state index contributed by atoms with van der Waals surface area (Å²) in [5.74, 6) is -1.86. The molecule has 0 aliphatic rings. The van der Waals surface area contributed by atoms with Gasteiger partial charge in [0.1, 0.15) is 11.3 Å². The Morgan fingerprint density at radius 2 is 2.12 bits per heavy atom. The molecule has 1 heterocycles. The summed E-state index contributed by atoms with van der Waals surface area (Å²) >= 11 is 3.30. The molecule has 6 heteroatoms. The smallest absolute Gasteiger partial charge is 0.374 e. The van der Waals surface area contributed by atoms with Crippen LogP contribution in [0.4, 0.5) is 5.69 Å². The number of aromatic carboxylic acids is 1. The normalized spacial score (nSPS) is 10.5. The molecule has 1 amide bonds. The number of rotatable bonds is 2.